The predicted molar refractivity (Wildman–Crippen MR) is 79.6 cm³/mol. The van der Waals surface area contributed by atoms with E-state index in [1.54, 1.807) is 6.07 Å². The van der Waals surface area contributed by atoms with Gasteiger partial charge in [0.2, 0.25) is 5.12 Å². The first-order valence-electron chi connectivity index (χ1n) is 6.07. The van der Waals surface area contributed by atoms with Crippen LogP contribution in [0.5, 0.6) is 5.75 Å². The highest BCUT2D eigenvalue weighted by atomic mass is 32.2. The summed E-state index contributed by atoms with van der Waals surface area (Å²) in [6, 6.07) is 12.9. The first-order valence-corrected chi connectivity index (χ1v) is 7.77. The number of thioether (sulfide) groups is 1. The van der Waals surface area contributed by atoms with Gasteiger partial charge in [-0.15, -0.1) is 21.5 Å². The number of benzene rings is 1. The molecule has 0 radical (unpaired) electrons. The van der Waals surface area contributed by atoms with Crippen molar-refractivity contribution < 1.29 is 13.9 Å². The number of hydrogen-bond donors (Lipinski definition) is 0. The fourth-order valence-electron chi connectivity index (χ4n) is 1.52. The smallest absolute Gasteiger partial charge is 0.284 e. The van der Waals surface area contributed by atoms with Crippen LogP contribution in [0.3, 0.4) is 0 Å². The largest absolute Gasteiger partial charge is 0.484 e. The third-order valence-electron chi connectivity index (χ3n) is 2.46. The molecule has 21 heavy (non-hydrogen) atoms. The maximum Gasteiger partial charge on any atom is 0.284 e. The van der Waals surface area contributed by atoms with Crippen LogP contribution in [0, 0.1) is 0 Å². The topological polar surface area (TPSA) is 65.2 Å². The number of rotatable bonds is 5. The van der Waals surface area contributed by atoms with E-state index in [2.05, 4.69) is 10.2 Å². The molecule has 0 fully saturated rings. The third kappa shape index (κ3) is 3.71. The molecule has 0 spiro atoms. The summed E-state index contributed by atoms with van der Waals surface area (Å²) < 4.78 is 10.9. The molecule has 3 aromatic rings. The van der Waals surface area contributed by atoms with Crippen molar-refractivity contribution in [1.29, 1.82) is 0 Å². The molecule has 0 saturated heterocycles. The second-order valence-corrected chi connectivity index (χ2v) is 5.80. The van der Waals surface area contributed by atoms with Gasteiger partial charge >= 0.3 is 0 Å². The molecule has 7 heteroatoms. The molecule has 106 valence electrons. The van der Waals surface area contributed by atoms with Gasteiger partial charge in [-0.25, -0.2) is 0 Å². The highest BCUT2D eigenvalue weighted by molar-refractivity contribution is 8.14. The summed E-state index contributed by atoms with van der Waals surface area (Å²) in [5.74, 6) is 1.06. The maximum atomic E-state index is 11.9. The van der Waals surface area contributed by atoms with E-state index < -0.39 is 0 Å². The van der Waals surface area contributed by atoms with Gasteiger partial charge in [0.05, 0.1) is 4.88 Å². The molecule has 0 atom stereocenters. The number of carbonyl (C=O) groups is 1. The number of para-hydroxylation sites is 1. The highest BCUT2D eigenvalue weighted by Crippen LogP contribution is 2.24. The number of ether oxygens (including phenoxy) is 1. The minimum absolute atomic E-state index is 0.107. The van der Waals surface area contributed by atoms with Crippen LogP contribution >= 0.6 is 23.1 Å². The Kier molecular flexibility index (Phi) is 4.32. The Morgan fingerprint density at radius 1 is 1.19 bits per heavy atom. The van der Waals surface area contributed by atoms with Crippen LogP contribution in [-0.2, 0) is 6.61 Å². The zero-order valence-corrected chi connectivity index (χ0v) is 12.4. The molecular formula is C14H10N2O3S2. The molecule has 0 bridgehead atoms. The summed E-state index contributed by atoms with van der Waals surface area (Å²) >= 11 is 2.30. The summed E-state index contributed by atoms with van der Waals surface area (Å²) in [5, 5.41) is 9.65. The van der Waals surface area contributed by atoms with Crippen LogP contribution in [0.4, 0.5) is 0 Å². The molecule has 2 heterocycles. The summed E-state index contributed by atoms with van der Waals surface area (Å²) in [7, 11) is 0. The predicted octanol–water partition coefficient (Wildman–Crippen LogP) is 3.64. The molecular weight excluding hydrogens is 308 g/mol. The van der Waals surface area contributed by atoms with Crippen LogP contribution in [0.2, 0.25) is 0 Å². The van der Waals surface area contributed by atoms with Crippen LogP contribution in [0.15, 0.2) is 57.5 Å². The van der Waals surface area contributed by atoms with Crippen molar-refractivity contribution in [3.8, 4) is 5.75 Å². The molecule has 2 aromatic heterocycles. The Bertz CT molecular complexity index is 711. The van der Waals surface area contributed by atoms with E-state index in [-0.39, 0.29) is 16.9 Å². The number of nitrogens with zero attached hydrogens (tertiary/aromatic N) is 2. The average molecular weight is 318 g/mol. The Labute approximate surface area is 129 Å². The first kappa shape index (κ1) is 13.8. The molecule has 0 unspecified atom stereocenters. The van der Waals surface area contributed by atoms with Crippen LogP contribution in [0.25, 0.3) is 0 Å². The van der Waals surface area contributed by atoms with E-state index >= 15 is 0 Å². The standard InChI is InChI=1S/C14H10N2O3S2/c17-13(11-7-4-8-20-11)21-14-16-15-12(19-14)9-18-10-5-2-1-3-6-10/h1-8H,9H2. The van der Waals surface area contributed by atoms with Gasteiger partial charge in [-0.1, -0.05) is 24.3 Å². The van der Waals surface area contributed by atoms with Crippen molar-refractivity contribution in [2.45, 2.75) is 11.8 Å². The molecule has 0 aliphatic rings. The van der Waals surface area contributed by atoms with Crippen LogP contribution in [0.1, 0.15) is 15.6 Å². The lowest BCUT2D eigenvalue weighted by Crippen LogP contribution is -1.95. The monoisotopic (exact) mass is 318 g/mol. The van der Waals surface area contributed by atoms with Crippen molar-refractivity contribution >= 4 is 28.2 Å². The normalized spacial score (nSPS) is 10.5. The Balaban J connectivity index is 1.57. The minimum atomic E-state index is -0.107. The number of aromatic nitrogens is 2. The summed E-state index contributed by atoms with van der Waals surface area (Å²) in [6.45, 7) is 0.171. The van der Waals surface area contributed by atoms with E-state index in [1.807, 2.05) is 41.8 Å². The van der Waals surface area contributed by atoms with Crippen molar-refractivity contribution in [3.05, 3.63) is 58.6 Å². The molecule has 0 N–H and O–H groups in total. The fraction of sp³-hybridized carbons (Fsp3) is 0.0714. The Hall–Kier alpha value is -2.12. The first-order chi connectivity index (χ1) is 10.3. The van der Waals surface area contributed by atoms with Gasteiger partial charge in [0.25, 0.3) is 11.1 Å². The quantitative estimate of drug-likeness (QED) is 0.669. The van der Waals surface area contributed by atoms with Gasteiger partial charge in [-0.2, -0.15) is 0 Å². The van der Waals surface area contributed by atoms with Gasteiger partial charge in [0, 0.05) is 11.8 Å². The summed E-state index contributed by atoms with van der Waals surface area (Å²) in [4.78, 5) is 12.5. The van der Waals surface area contributed by atoms with Gasteiger partial charge < -0.3 is 9.15 Å². The van der Waals surface area contributed by atoms with Gasteiger partial charge in [-0.3, -0.25) is 4.79 Å². The number of carbonyl (C=O) groups excluding carboxylic acids is 1. The van der Waals surface area contributed by atoms with Gasteiger partial charge in [0.1, 0.15) is 5.75 Å². The molecule has 0 aliphatic carbocycles. The molecule has 1 aromatic carbocycles. The lowest BCUT2D eigenvalue weighted by atomic mass is 10.3. The van der Waals surface area contributed by atoms with E-state index in [1.165, 1.54) is 11.3 Å². The SMILES string of the molecule is O=C(Sc1nnc(COc2ccccc2)o1)c1cccs1. The van der Waals surface area contributed by atoms with Gasteiger partial charge in [-0.05, 0) is 23.6 Å². The molecule has 3 rings (SSSR count). The second-order valence-electron chi connectivity index (χ2n) is 3.93. The zero-order chi connectivity index (χ0) is 14.5. The average Bonchev–Trinajstić information content (AvgIpc) is 3.18. The fourth-order valence-corrected chi connectivity index (χ4v) is 2.90. The lowest BCUT2D eigenvalue weighted by Gasteiger charge is -2.01. The van der Waals surface area contributed by atoms with Crippen molar-refractivity contribution in [1.82, 2.24) is 10.2 Å². The number of hydrogen-bond acceptors (Lipinski definition) is 7. The summed E-state index contributed by atoms with van der Waals surface area (Å²) in [6.07, 6.45) is 0. The van der Waals surface area contributed by atoms with E-state index in [9.17, 15) is 4.79 Å². The Morgan fingerprint density at radius 2 is 2.05 bits per heavy atom. The zero-order valence-electron chi connectivity index (χ0n) is 10.8. The van der Waals surface area contributed by atoms with Gasteiger partial charge in [0.15, 0.2) is 6.61 Å². The van der Waals surface area contributed by atoms with Crippen molar-refractivity contribution in [2.75, 3.05) is 0 Å². The molecule has 0 aliphatic heterocycles. The molecule has 5 nitrogen and oxygen atoms in total. The number of thiophene rings is 1. The Morgan fingerprint density at radius 3 is 2.81 bits per heavy atom. The lowest BCUT2D eigenvalue weighted by molar-refractivity contribution is 0.109. The molecule has 0 saturated carbocycles. The van der Waals surface area contributed by atoms with Crippen LogP contribution in [-0.4, -0.2) is 15.3 Å². The van der Waals surface area contributed by atoms with E-state index in [0.717, 1.165) is 17.5 Å². The van der Waals surface area contributed by atoms with E-state index in [0.29, 0.717) is 10.8 Å². The summed E-state index contributed by atoms with van der Waals surface area (Å²) in [5.41, 5.74) is 0. The second kappa shape index (κ2) is 6.55. The highest BCUT2D eigenvalue weighted by Gasteiger charge is 2.14. The van der Waals surface area contributed by atoms with Crippen molar-refractivity contribution in [3.63, 3.8) is 0 Å². The van der Waals surface area contributed by atoms with Crippen LogP contribution < -0.4 is 4.74 Å². The van der Waals surface area contributed by atoms with Crippen molar-refractivity contribution in [2.24, 2.45) is 0 Å². The third-order valence-corrected chi connectivity index (χ3v) is 4.20. The maximum absolute atomic E-state index is 11.9. The minimum Gasteiger partial charge on any atom is -0.484 e. The molecule has 0 amide bonds. The van der Waals surface area contributed by atoms with E-state index in [4.69, 9.17) is 9.15 Å².